The highest BCUT2D eigenvalue weighted by atomic mass is 32.2. The first-order valence-electron chi connectivity index (χ1n) is 12.0. The van der Waals surface area contributed by atoms with Crippen LogP contribution in [0.4, 0.5) is 0 Å². The Morgan fingerprint density at radius 1 is 1.24 bits per heavy atom. The number of ether oxygens (including phenoxy) is 1. The lowest BCUT2D eigenvalue weighted by molar-refractivity contribution is 0.226. The molecule has 184 valence electrons. The number of aromatic nitrogens is 4. The first-order valence-corrected chi connectivity index (χ1v) is 12.7. The molecule has 3 N–H and O–H groups in total. The van der Waals surface area contributed by atoms with Crippen LogP contribution in [0.5, 0.6) is 5.75 Å². The van der Waals surface area contributed by atoms with E-state index in [1.165, 1.54) is 24.8 Å². The SMILES string of the molecule is CCCOc1ccc(SN(CCO)CCO)cc1-c1nn2c(C3CCCC3)nc(C)c2c(=O)[nH]1. The smallest absolute Gasteiger partial charge is 0.277 e. The van der Waals surface area contributed by atoms with Crippen LogP contribution in [0.3, 0.4) is 0 Å². The molecule has 1 aromatic carbocycles. The molecule has 2 heterocycles. The van der Waals surface area contributed by atoms with Crippen LogP contribution in [0.1, 0.15) is 56.5 Å². The quantitative estimate of drug-likeness (QED) is 0.353. The van der Waals surface area contributed by atoms with E-state index in [1.54, 1.807) is 4.52 Å². The van der Waals surface area contributed by atoms with Crippen molar-refractivity contribution < 1.29 is 14.9 Å². The van der Waals surface area contributed by atoms with Crippen LogP contribution in [0.25, 0.3) is 16.9 Å². The standard InChI is InChI=1S/C24H33N5O4S/c1-3-14-33-20-9-8-18(34-28(10-12-30)11-13-31)15-19(20)22-26-24(32)21-16(2)25-23(29(21)27-22)17-6-4-5-7-17/h8-9,15,17,30-31H,3-7,10-14H2,1-2H3,(H,26,27,32). The number of H-pyrrole nitrogens is 1. The van der Waals surface area contributed by atoms with Crippen LogP contribution in [-0.2, 0) is 0 Å². The second kappa shape index (κ2) is 11.4. The van der Waals surface area contributed by atoms with Gasteiger partial charge in [-0.25, -0.2) is 13.8 Å². The second-order valence-electron chi connectivity index (χ2n) is 8.57. The van der Waals surface area contributed by atoms with Gasteiger partial charge in [-0.2, -0.15) is 0 Å². The summed E-state index contributed by atoms with van der Waals surface area (Å²) in [6.07, 6.45) is 5.31. The van der Waals surface area contributed by atoms with E-state index in [-0.39, 0.29) is 18.8 Å². The topological polar surface area (TPSA) is 116 Å². The number of hydrogen-bond donors (Lipinski definition) is 3. The summed E-state index contributed by atoms with van der Waals surface area (Å²) >= 11 is 1.43. The predicted octanol–water partition coefficient (Wildman–Crippen LogP) is 3.13. The van der Waals surface area contributed by atoms with Crippen LogP contribution < -0.4 is 10.3 Å². The molecule has 0 saturated heterocycles. The van der Waals surface area contributed by atoms with Gasteiger partial charge < -0.3 is 19.9 Å². The van der Waals surface area contributed by atoms with Crippen LogP contribution in [0.15, 0.2) is 27.9 Å². The second-order valence-corrected chi connectivity index (χ2v) is 9.74. The molecule has 0 spiro atoms. The van der Waals surface area contributed by atoms with E-state index in [9.17, 15) is 15.0 Å². The molecule has 3 aromatic rings. The molecule has 2 aromatic heterocycles. The average Bonchev–Trinajstić information content (AvgIpc) is 3.46. The van der Waals surface area contributed by atoms with Crippen molar-refractivity contribution in [2.75, 3.05) is 32.9 Å². The first-order chi connectivity index (χ1) is 16.5. The van der Waals surface area contributed by atoms with Gasteiger partial charge in [0.2, 0.25) is 0 Å². The largest absolute Gasteiger partial charge is 0.493 e. The highest BCUT2D eigenvalue weighted by Gasteiger charge is 2.25. The van der Waals surface area contributed by atoms with E-state index in [0.717, 1.165) is 30.0 Å². The minimum Gasteiger partial charge on any atom is -0.493 e. The van der Waals surface area contributed by atoms with E-state index < -0.39 is 0 Å². The van der Waals surface area contributed by atoms with E-state index in [2.05, 4.69) is 4.98 Å². The van der Waals surface area contributed by atoms with Gasteiger partial charge in [0.15, 0.2) is 11.3 Å². The molecule has 1 aliphatic rings. The monoisotopic (exact) mass is 487 g/mol. The molecule has 1 aliphatic carbocycles. The van der Waals surface area contributed by atoms with Gasteiger partial charge in [-0.1, -0.05) is 19.8 Å². The lowest BCUT2D eigenvalue weighted by Gasteiger charge is -2.20. The minimum absolute atomic E-state index is 0.00693. The Hall–Kier alpha value is -2.40. The summed E-state index contributed by atoms with van der Waals surface area (Å²) in [7, 11) is 0. The normalized spacial score (nSPS) is 14.5. The Morgan fingerprint density at radius 3 is 2.65 bits per heavy atom. The number of benzene rings is 1. The van der Waals surface area contributed by atoms with Crippen molar-refractivity contribution >= 4 is 17.5 Å². The molecule has 0 aliphatic heterocycles. The number of hydrogen-bond acceptors (Lipinski definition) is 8. The summed E-state index contributed by atoms with van der Waals surface area (Å²) in [5.74, 6) is 2.24. The number of aliphatic hydroxyl groups excluding tert-OH is 2. The number of aryl methyl sites for hydroxylation is 1. The molecule has 0 radical (unpaired) electrons. The zero-order chi connectivity index (χ0) is 24.1. The maximum Gasteiger partial charge on any atom is 0.277 e. The van der Waals surface area contributed by atoms with Crippen molar-refractivity contribution in [3.05, 3.63) is 40.1 Å². The molecule has 0 amide bonds. The Labute approximate surface area is 203 Å². The maximum absolute atomic E-state index is 13.1. The zero-order valence-electron chi connectivity index (χ0n) is 19.8. The molecule has 34 heavy (non-hydrogen) atoms. The summed E-state index contributed by atoms with van der Waals surface area (Å²) in [5, 5.41) is 23.5. The molecule has 4 rings (SSSR count). The molecular weight excluding hydrogens is 454 g/mol. The maximum atomic E-state index is 13.1. The van der Waals surface area contributed by atoms with Crippen molar-refractivity contribution in [3.8, 4) is 17.1 Å². The minimum atomic E-state index is -0.221. The van der Waals surface area contributed by atoms with E-state index in [0.29, 0.717) is 54.0 Å². The first kappa shape index (κ1) is 24.7. The van der Waals surface area contributed by atoms with Crippen LogP contribution in [0, 0.1) is 6.92 Å². The van der Waals surface area contributed by atoms with Crippen molar-refractivity contribution in [3.63, 3.8) is 0 Å². The summed E-state index contributed by atoms with van der Waals surface area (Å²) < 4.78 is 9.61. The Bertz CT molecular complexity index is 1170. The predicted molar refractivity (Wildman–Crippen MR) is 132 cm³/mol. The van der Waals surface area contributed by atoms with E-state index >= 15 is 0 Å². The third-order valence-corrected chi connectivity index (χ3v) is 7.11. The molecule has 1 saturated carbocycles. The average molecular weight is 488 g/mol. The lowest BCUT2D eigenvalue weighted by atomic mass is 10.1. The molecular formula is C24H33N5O4S. The van der Waals surface area contributed by atoms with E-state index in [4.69, 9.17) is 14.8 Å². The van der Waals surface area contributed by atoms with Crippen molar-refractivity contribution in [2.45, 2.75) is 56.8 Å². The highest BCUT2D eigenvalue weighted by molar-refractivity contribution is 7.97. The summed E-state index contributed by atoms with van der Waals surface area (Å²) in [6.45, 7) is 5.28. The van der Waals surface area contributed by atoms with Gasteiger partial charge in [-0.05, 0) is 56.3 Å². The van der Waals surface area contributed by atoms with Crippen molar-refractivity contribution in [1.82, 2.24) is 23.9 Å². The number of aromatic amines is 1. The van der Waals surface area contributed by atoms with Gasteiger partial charge in [0, 0.05) is 23.9 Å². The third-order valence-electron chi connectivity index (χ3n) is 6.02. The third kappa shape index (κ3) is 5.30. The lowest BCUT2D eigenvalue weighted by Crippen LogP contribution is -2.23. The van der Waals surface area contributed by atoms with Gasteiger partial charge in [0.1, 0.15) is 11.6 Å². The molecule has 9 nitrogen and oxygen atoms in total. The van der Waals surface area contributed by atoms with Crippen LogP contribution in [0.2, 0.25) is 0 Å². The Balaban J connectivity index is 1.79. The fourth-order valence-electron chi connectivity index (χ4n) is 4.43. The number of imidazole rings is 1. The molecule has 0 bridgehead atoms. The van der Waals surface area contributed by atoms with Crippen molar-refractivity contribution in [1.29, 1.82) is 0 Å². The number of nitrogens with one attached hydrogen (secondary N) is 1. The molecule has 10 heteroatoms. The zero-order valence-corrected chi connectivity index (χ0v) is 20.6. The number of fused-ring (bicyclic) bond motifs is 1. The van der Waals surface area contributed by atoms with Crippen molar-refractivity contribution in [2.24, 2.45) is 0 Å². The summed E-state index contributed by atoms with van der Waals surface area (Å²) in [5.41, 5.74) is 1.65. The summed E-state index contributed by atoms with van der Waals surface area (Å²) in [4.78, 5) is 21.7. The Morgan fingerprint density at radius 2 is 1.97 bits per heavy atom. The van der Waals surface area contributed by atoms with Gasteiger partial charge in [0.05, 0.1) is 31.1 Å². The fraction of sp³-hybridized carbons (Fsp3) is 0.542. The Kier molecular flexibility index (Phi) is 8.25. The van der Waals surface area contributed by atoms with Gasteiger partial charge in [0.25, 0.3) is 5.56 Å². The highest BCUT2D eigenvalue weighted by Crippen LogP contribution is 2.36. The fourth-order valence-corrected chi connectivity index (χ4v) is 5.37. The van der Waals surface area contributed by atoms with Crippen LogP contribution in [-0.4, -0.2) is 67.0 Å². The number of nitrogens with zero attached hydrogens (tertiary/aromatic N) is 4. The number of aliphatic hydroxyl groups is 2. The van der Waals surface area contributed by atoms with Gasteiger partial charge in [-0.15, -0.1) is 5.10 Å². The van der Waals surface area contributed by atoms with Gasteiger partial charge >= 0.3 is 0 Å². The van der Waals surface area contributed by atoms with Gasteiger partial charge in [-0.3, -0.25) is 4.79 Å². The van der Waals surface area contributed by atoms with Crippen LogP contribution >= 0.6 is 11.9 Å². The molecule has 0 unspecified atom stereocenters. The van der Waals surface area contributed by atoms with E-state index in [1.807, 2.05) is 36.4 Å². The number of rotatable bonds is 11. The molecule has 1 fully saturated rings. The summed E-state index contributed by atoms with van der Waals surface area (Å²) in [6, 6.07) is 5.74. The molecule has 0 atom stereocenters.